The van der Waals surface area contributed by atoms with Crippen molar-refractivity contribution in [3.63, 3.8) is 0 Å². The highest BCUT2D eigenvalue weighted by atomic mass is 31.2. The quantitative estimate of drug-likeness (QED) is 0.268. The summed E-state index contributed by atoms with van der Waals surface area (Å²) in [5.41, 5.74) is 7.49. The molecule has 0 unspecified atom stereocenters. The number of amides is 1. The van der Waals surface area contributed by atoms with Crippen molar-refractivity contribution in [3.05, 3.63) is 29.8 Å². The minimum Gasteiger partial charge on any atom is -0.475 e. The second kappa shape index (κ2) is 13.4. The summed E-state index contributed by atoms with van der Waals surface area (Å²) in [6.45, 7) is 2.17. The number of carboxylic acids is 1. The van der Waals surface area contributed by atoms with E-state index in [1.807, 2.05) is 18.2 Å². The Morgan fingerprint density at radius 3 is 2.30 bits per heavy atom. The van der Waals surface area contributed by atoms with Crippen molar-refractivity contribution in [2.24, 2.45) is 5.73 Å². The van der Waals surface area contributed by atoms with Crippen LogP contribution >= 0.6 is 7.60 Å². The number of nitrogens with two attached hydrogens (primary N) is 1. The maximum atomic E-state index is 12.0. The molecule has 30 heavy (non-hydrogen) atoms. The molecule has 0 saturated heterocycles. The third-order valence-electron chi connectivity index (χ3n) is 3.82. The molecule has 0 radical (unpaired) electrons. The second-order valence-corrected chi connectivity index (χ2v) is 8.36. The Labute approximate surface area is 172 Å². The van der Waals surface area contributed by atoms with Crippen molar-refractivity contribution < 1.29 is 42.2 Å². The SMILES string of the molecule is CCCCCCc1cccc(NC(=O)[C@@H](N)CCP(=O)(O)O)c1.O=C(O)C(F)(F)F. The molecule has 8 nitrogen and oxygen atoms in total. The van der Waals surface area contributed by atoms with Gasteiger partial charge in [-0.15, -0.1) is 0 Å². The van der Waals surface area contributed by atoms with E-state index in [0.29, 0.717) is 5.69 Å². The standard InChI is InChI=1S/C16H27N2O4P.C2HF3O2/c1-2-3-4-5-7-13-8-6-9-14(12-13)18-16(19)15(17)10-11-23(20,21)22;3-2(4,5)1(6)7/h6,8-9,12,15H,2-5,7,10-11,17H2,1H3,(H,18,19)(H2,20,21,22);(H,6,7)/t15-;/m0./s1. The molecule has 0 aliphatic carbocycles. The lowest BCUT2D eigenvalue weighted by molar-refractivity contribution is -0.192. The average Bonchev–Trinajstić information content (AvgIpc) is 2.62. The van der Waals surface area contributed by atoms with Gasteiger partial charge in [0, 0.05) is 5.69 Å². The van der Waals surface area contributed by atoms with Gasteiger partial charge >= 0.3 is 19.7 Å². The number of aliphatic carboxylic acids is 1. The molecular weight excluding hydrogens is 428 g/mol. The van der Waals surface area contributed by atoms with Gasteiger partial charge in [-0.1, -0.05) is 38.3 Å². The Kier molecular flexibility index (Phi) is 12.5. The second-order valence-electron chi connectivity index (χ2n) is 6.59. The van der Waals surface area contributed by atoms with Crippen LogP contribution in [0.15, 0.2) is 24.3 Å². The van der Waals surface area contributed by atoms with Crippen LogP contribution in [0.2, 0.25) is 0 Å². The van der Waals surface area contributed by atoms with Gasteiger partial charge in [0.2, 0.25) is 5.91 Å². The topological polar surface area (TPSA) is 150 Å². The highest BCUT2D eigenvalue weighted by molar-refractivity contribution is 7.51. The first-order valence-corrected chi connectivity index (χ1v) is 11.1. The average molecular weight is 456 g/mol. The van der Waals surface area contributed by atoms with Crippen LogP contribution in [0.3, 0.4) is 0 Å². The van der Waals surface area contributed by atoms with Gasteiger partial charge in [-0.3, -0.25) is 9.36 Å². The van der Waals surface area contributed by atoms with E-state index in [2.05, 4.69) is 12.2 Å². The largest absolute Gasteiger partial charge is 0.490 e. The van der Waals surface area contributed by atoms with Crippen LogP contribution in [0, 0.1) is 0 Å². The molecule has 0 aliphatic heterocycles. The molecule has 0 saturated carbocycles. The van der Waals surface area contributed by atoms with Crippen molar-refractivity contribution in [1.29, 1.82) is 0 Å². The number of carbonyl (C=O) groups excluding carboxylic acids is 1. The van der Waals surface area contributed by atoms with E-state index >= 15 is 0 Å². The summed E-state index contributed by atoms with van der Waals surface area (Å²) in [5, 5.41) is 9.83. The van der Waals surface area contributed by atoms with Crippen LogP contribution in [0.25, 0.3) is 0 Å². The molecule has 1 amide bonds. The Bertz CT molecular complexity index is 724. The number of carbonyl (C=O) groups is 2. The number of nitrogens with one attached hydrogen (secondary N) is 1. The lowest BCUT2D eigenvalue weighted by Crippen LogP contribution is -2.36. The molecule has 1 aromatic carbocycles. The van der Waals surface area contributed by atoms with Crippen LogP contribution in [-0.4, -0.2) is 45.1 Å². The molecule has 0 aliphatic rings. The van der Waals surface area contributed by atoms with E-state index in [1.165, 1.54) is 19.3 Å². The fourth-order valence-electron chi connectivity index (χ4n) is 2.23. The molecule has 0 fully saturated rings. The Morgan fingerprint density at radius 2 is 1.80 bits per heavy atom. The minimum atomic E-state index is -5.08. The predicted octanol–water partition coefficient (Wildman–Crippen LogP) is 3.28. The zero-order chi connectivity index (χ0) is 23.4. The van der Waals surface area contributed by atoms with Crippen LogP contribution in [0.4, 0.5) is 18.9 Å². The van der Waals surface area contributed by atoms with E-state index < -0.39 is 31.7 Å². The van der Waals surface area contributed by atoms with Crippen LogP contribution in [-0.2, 0) is 20.6 Å². The number of alkyl halides is 3. The molecule has 0 spiro atoms. The highest BCUT2D eigenvalue weighted by Crippen LogP contribution is 2.35. The number of anilines is 1. The maximum absolute atomic E-state index is 12.0. The molecule has 0 aromatic heterocycles. The third-order valence-corrected chi connectivity index (χ3v) is 4.66. The summed E-state index contributed by atoms with van der Waals surface area (Å²) in [4.78, 5) is 38.5. The number of halogens is 3. The molecule has 0 heterocycles. The van der Waals surface area contributed by atoms with Gasteiger partial charge in [-0.2, -0.15) is 13.2 Å². The van der Waals surface area contributed by atoms with E-state index in [0.717, 1.165) is 18.4 Å². The lowest BCUT2D eigenvalue weighted by Gasteiger charge is -2.13. The summed E-state index contributed by atoms with van der Waals surface area (Å²) in [6.07, 6.45) is 0.181. The number of carboxylic acid groups (broad SMARTS) is 1. The van der Waals surface area contributed by atoms with Crippen molar-refractivity contribution in [2.45, 2.75) is 57.7 Å². The fourth-order valence-corrected chi connectivity index (χ4v) is 2.85. The van der Waals surface area contributed by atoms with Crippen molar-refractivity contribution >= 4 is 25.2 Å². The van der Waals surface area contributed by atoms with Gasteiger partial charge in [0.05, 0.1) is 12.2 Å². The van der Waals surface area contributed by atoms with Gasteiger partial charge < -0.3 is 25.9 Å². The molecular formula is C18H28F3N2O6P. The van der Waals surface area contributed by atoms with Crippen molar-refractivity contribution in [2.75, 3.05) is 11.5 Å². The number of rotatable bonds is 10. The van der Waals surface area contributed by atoms with Crippen molar-refractivity contribution in [1.82, 2.24) is 0 Å². The van der Waals surface area contributed by atoms with Gasteiger partial charge in [0.1, 0.15) is 0 Å². The van der Waals surface area contributed by atoms with E-state index in [9.17, 15) is 22.5 Å². The first kappa shape index (κ1) is 28.1. The number of unbranched alkanes of at least 4 members (excludes halogenated alkanes) is 3. The van der Waals surface area contributed by atoms with Gasteiger partial charge in [-0.25, -0.2) is 4.79 Å². The predicted molar refractivity (Wildman–Crippen MR) is 106 cm³/mol. The molecule has 0 bridgehead atoms. The summed E-state index contributed by atoms with van der Waals surface area (Å²) >= 11 is 0. The molecule has 1 rings (SSSR count). The molecule has 1 atom stereocenters. The molecule has 6 N–H and O–H groups in total. The zero-order valence-corrected chi connectivity index (χ0v) is 17.5. The van der Waals surface area contributed by atoms with Crippen LogP contribution in [0.1, 0.15) is 44.6 Å². The molecule has 1 aromatic rings. The summed E-state index contributed by atoms with van der Waals surface area (Å²) in [6, 6.07) is 6.67. The lowest BCUT2D eigenvalue weighted by atomic mass is 10.1. The smallest absolute Gasteiger partial charge is 0.475 e. The number of benzene rings is 1. The first-order valence-electron chi connectivity index (χ1n) is 9.26. The zero-order valence-electron chi connectivity index (χ0n) is 16.6. The molecule has 12 heteroatoms. The maximum Gasteiger partial charge on any atom is 0.490 e. The fraction of sp³-hybridized carbons (Fsp3) is 0.556. The van der Waals surface area contributed by atoms with E-state index in [4.69, 9.17) is 25.4 Å². The minimum absolute atomic E-state index is 0.0488. The first-order chi connectivity index (χ1) is 13.8. The summed E-state index contributed by atoms with van der Waals surface area (Å²) < 4.78 is 42.6. The third kappa shape index (κ3) is 14.1. The van der Waals surface area contributed by atoms with Crippen molar-refractivity contribution in [3.8, 4) is 0 Å². The molecule has 172 valence electrons. The van der Waals surface area contributed by atoms with Gasteiger partial charge in [-0.05, 0) is 37.0 Å². The van der Waals surface area contributed by atoms with Gasteiger partial charge in [0.25, 0.3) is 0 Å². The Morgan fingerprint density at radius 1 is 1.20 bits per heavy atom. The number of hydrogen-bond acceptors (Lipinski definition) is 4. The normalized spacial score (nSPS) is 12.5. The summed E-state index contributed by atoms with van der Waals surface area (Å²) in [7, 11) is -4.13. The number of hydrogen-bond donors (Lipinski definition) is 5. The van der Waals surface area contributed by atoms with Crippen LogP contribution < -0.4 is 11.1 Å². The van der Waals surface area contributed by atoms with Crippen LogP contribution in [0.5, 0.6) is 0 Å². The number of aryl methyl sites for hydroxylation is 1. The Balaban J connectivity index is 0.00000103. The summed E-state index contributed by atoms with van der Waals surface area (Å²) in [5.74, 6) is -3.19. The monoisotopic (exact) mass is 456 g/mol. The van der Waals surface area contributed by atoms with E-state index in [1.54, 1.807) is 6.07 Å². The Hall–Kier alpha value is -1.94. The van der Waals surface area contributed by atoms with Gasteiger partial charge in [0.15, 0.2) is 0 Å². The highest BCUT2D eigenvalue weighted by Gasteiger charge is 2.38. The van der Waals surface area contributed by atoms with E-state index in [-0.39, 0.29) is 12.6 Å².